The van der Waals surface area contributed by atoms with Crippen molar-refractivity contribution in [2.24, 2.45) is 5.73 Å². The van der Waals surface area contributed by atoms with Gasteiger partial charge in [0.1, 0.15) is 11.3 Å². The molecule has 0 bridgehead atoms. The predicted molar refractivity (Wildman–Crippen MR) is 60.0 cm³/mol. The van der Waals surface area contributed by atoms with E-state index in [0.717, 1.165) is 35.2 Å². The van der Waals surface area contributed by atoms with Crippen LogP contribution in [0.3, 0.4) is 0 Å². The van der Waals surface area contributed by atoms with Crippen LogP contribution in [-0.4, -0.2) is 23.9 Å². The molecule has 0 aliphatic heterocycles. The number of hydrogen-bond donors (Lipinski definition) is 2. The standard InChI is InChI=1S/C11H15N3O/c1-15-10-6-2-4-8-9(5-3-7-12)13-14-11(8)10/h2,4,6H,3,5,7,12H2,1H3,(H,13,14). The molecule has 1 aromatic carbocycles. The third-order valence-corrected chi connectivity index (χ3v) is 2.48. The molecule has 0 atom stereocenters. The van der Waals surface area contributed by atoms with Crippen LogP contribution >= 0.6 is 0 Å². The van der Waals surface area contributed by atoms with Crippen LogP contribution in [0.1, 0.15) is 12.1 Å². The highest BCUT2D eigenvalue weighted by Crippen LogP contribution is 2.25. The molecule has 0 saturated carbocycles. The Labute approximate surface area is 88.4 Å². The van der Waals surface area contributed by atoms with Gasteiger partial charge in [0.05, 0.1) is 7.11 Å². The predicted octanol–water partition coefficient (Wildman–Crippen LogP) is 1.46. The molecule has 2 aromatic rings. The number of fused-ring (bicyclic) bond motifs is 1. The van der Waals surface area contributed by atoms with Crippen molar-refractivity contribution in [1.82, 2.24) is 10.2 Å². The molecule has 0 fully saturated rings. The molecule has 0 saturated heterocycles. The van der Waals surface area contributed by atoms with Crippen LogP contribution in [-0.2, 0) is 6.42 Å². The maximum Gasteiger partial charge on any atom is 0.146 e. The number of aromatic amines is 1. The summed E-state index contributed by atoms with van der Waals surface area (Å²) in [6.07, 6.45) is 1.90. The first kappa shape index (κ1) is 9.98. The number of H-pyrrole nitrogens is 1. The molecule has 0 unspecified atom stereocenters. The van der Waals surface area contributed by atoms with E-state index in [-0.39, 0.29) is 0 Å². The second kappa shape index (κ2) is 4.31. The fourth-order valence-electron chi connectivity index (χ4n) is 1.70. The topological polar surface area (TPSA) is 63.9 Å². The smallest absolute Gasteiger partial charge is 0.146 e. The molecule has 2 rings (SSSR count). The van der Waals surface area contributed by atoms with Gasteiger partial charge in [-0.15, -0.1) is 0 Å². The van der Waals surface area contributed by atoms with Crippen LogP contribution in [0.15, 0.2) is 18.2 Å². The third-order valence-electron chi connectivity index (χ3n) is 2.48. The van der Waals surface area contributed by atoms with Crippen molar-refractivity contribution in [1.29, 1.82) is 0 Å². The van der Waals surface area contributed by atoms with Gasteiger partial charge in [0.15, 0.2) is 0 Å². The van der Waals surface area contributed by atoms with Crippen molar-refractivity contribution in [2.45, 2.75) is 12.8 Å². The number of aryl methyl sites for hydroxylation is 1. The lowest BCUT2D eigenvalue weighted by atomic mass is 10.1. The van der Waals surface area contributed by atoms with Gasteiger partial charge in [-0.3, -0.25) is 5.10 Å². The molecule has 0 amide bonds. The second-order valence-electron chi connectivity index (χ2n) is 3.45. The van der Waals surface area contributed by atoms with E-state index in [1.807, 2.05) is 18.2 Å². The van der Waals surface area contributed by atoms with E-state index in [2.05, 4.69) is 10.2 Å². The molecule has 1 aromatic heterocycles. The third kappa shape index (κ3) is 1.80. The molecule has 1 heterocycles. The molecule has 80 valence electrons. The van der Waals surface area contributed by atoms with Crippen LogP contribution < -0.4 is 10.5 Å². The maximum atomic E-state index is 5.49. The fourth-order valence-corrected chi connectivity index (χ4v) is 1.70. The lowest BCUT2D eigenvalue weighted by Gasteiger charge is -2.00. The Morgan fingerprint density at radius 1 is 1.47 bits per heavy atom. The van der Waals surface area contributed by atoms with Crippen LogP contribution in [0, 0.1) is 0 Å². The highest BCUT2D eigenvalue weighted by molar-refractivity contribution is 5.86. The highest BCUT2D eigenvalue weighted by atomic mass is 16.5. The first-order chi connectivity index (χ1) is 7.36. The average Bonchev–Trinajstić information content (AvgIpc) is 2.69. The molecule has 15 heavy (non-hydrogen) atoms. The van der Waals surface area contributed by atoms with Crippen molar-refractivity contribution >= 4 is 10.9 Å². The number of methoxy groups -OCH3 is 1. The van der Waals surface area contributed by atoms with E-state index in [1.54, 1.807) is 7.11 Å². The normalized spacial score (nSPS) is 10.8. The minimum atomic E-state index is 0.699. The molecule has 3 N–H and O–H groups in total. The van der Waals surface area contributed by atoms with Crippen molar-refractivity contribution in [3.63, 3.8) is 0 Å². The summed E-state index contributed by atoms with van der Waals surface area (Å²) in [5.74, 6) is 0.808. The number of nitrogens with one attached hydrogen (secondary N) is 1. The summed E-state index contributed by atoms with van der Waals surface area (Å²) in [6, 6.07) is 5.94. The number of aromatic nitrogens is 2. The van der Waals surface area contributed by atoms with Gasteiger partial charge in [-0.25, -0.2) is 0 Å². The van der Waals surface area contributed by atoms with Crippen molar-refractivity contribution < 1.29 is 4.74 Å². The summed E-state index contributed by atoms with van der Waals surface area (Å²) in [4.78, 5) is 0. The molecule has 0 aliphatic carbocycles. The molecular weight excluding hydrogens is 190 g/mol. The first-order valence-corrected chi connectivity index (χ1v) is 5.07. The van der Waals surface area contributed by atoms with Crippen molar-refractivity contribution in [2.75, 3.05) is 13.7 Å². The van der Waals surface area contributed by atoms with Gasteiger partial charge < -0.3 is 10.5 Å². The molecule has 0 radical (unpaired) electrons. The number of nitrogens with zero attached hydrogens (tertiary/aromatic N) is 1. The number of rotatable bonds is 4. The van der Waals surface area contributed by atoms with E-state index in [0.29, 0.717) is 6.54 Å². The van der Waals surface area contributed by atoms with Gasteiger partial charge in [0.25, 0.3) is 0 Å². The second-order valence-corrected chi connectivity index (χ2v) is 3.45. The Morgan fingerprint density at radius 3 is 3.07 bits per heavy atom. The molecule has 0 spiro atoms. The zero-order valence-corrected chi connectivity index (χ0v) is 8.79. The van der Waals surface area contributed by atoms with Gasteiger partial charge >= 0.3 is 0 Å². The van der Waals surface area contributed by atoms with Gasteiger partial charge in [0, 0.05) is 11.1 Å². The minimum Gasteiger partial charge on any atom is -0.494 e. The van der Waals surface area contributed by atoms with E-state index >= 15 is 0 Å². The van der Waals surface area contributed by atoms with E-state index in [4.69, 9.17) is 10.5 Å². The lowest BCUT2D eigenvalue weighted by Crippen LogP contribution is -2.00. The highest BCUT2D eigenvalue weighted by Gasteiger charge is 2.08. The SMILES string of the molecule is COc1cccc2c(CCCN)[nH]nc12. The van der Waals surface area contributed by atoms with Gasteiger partial charge in [-0.1, -0.05) is 12.1 Å². The summed E-state index contributed by atoms with van der Waals surface area (Å²) < 4.78 is 5.24. The minimum absolute atomic E-state index is 0.699. The molecule has 4 nitrogen and oxygen atoms in total. The van der Waals surface area contributed by atoms with Crippen LogP contribution in [0.2, 0.25) is 0 Å². The number of benzene rings is 1. The van der Waals surface area contributed by atoms with Gasteiger partial charge in [-0.05, 0) is 25.5 Å². The Morgan fingerprint density at radius 2 is 2.33 bits per heavy atom. The lowest BCUT2D eigenvalue weighted by molar-refractivity contribution is 0.419. The zero-order valence-electron chi connectivity index (χ0n) is 8.79. The maximum absolute atomic E-state index is 5.49. The molecule has 0 aliphatic rings. The summed E-state index contributed by atoms with van der Waals surface area (Å²) >= 11 is 0. The molecule has 4 heteroatoms. The summed E-state index contributed by atoms with van der Waals surface area (Å²) in [6.45, 7) is 0.699. The van der Waals surface area contributed by atoms with Crippen LogP contribution in [0.4, 0.5) is 0 Å². The zero-order chi connectivity index (χ0) is 10.7. The average molecular weight is 205 g/mol. The van der Waals surface area contributed by atoms with E-state index in [1.165, 1.54) is 0 Å². The Bertz CT molecular complexity index is 450. The van der Waals surface area contributed by atoms with Crippen molar-refractivity contribution in [3.8, 4) is 5.75 Å². The largest absolute Gasteiger partial charge is 0.494 e. The number of nitrogens with two attached hydrogens (primary N) is 1. The van der Waals surface area contributed by atoms with Gasteiger partial charge in [0.2, 0.25) is 0 Å². The van der Waals surface area contributed by atoms with E-state index in [9.17, 15) is 0 Å². The quantitative estimate of drug-likeness (QED) is 0.794. The molecular formula is C11H15N3O. The van der Waals surface area contributed by atoms with Gasteiger partial charge in [-0.2, -0.15) is 5.10 Å². The Kier molecular flexibility index (Phi) is 2.87. The summed E-state index contributed by atoms with van der Waals surface area (Å²) in [5, 5.41) is 8.42. The van der Waals surface area contributed by atoms with E-state index < -0.39 is 0 Å². The Balaban J connectivity index is 2.42. The number of ether oxygens (including phenoxy) is 1. The van der Waals surface area contributed by atoms with Crippen LogP contribution in [0.25, 0.3) is 10.9 Å². The van der Waals surface area contributed by atoms with Crippen LogP contribution in [0.5, 0.6) is 5.75 Å². The first-order valence-electron chi connectivity index (χ1n) is 5.07. The Hall–Kier alpha value is -1.55. The summed E-state index contributed by atoms with van der Waals surface area (Å²) in [7, 11) is 1.66. The summed E-state index contributed by atoms with van der Waals surface area (Å²) in [5.41, 5.74) is 7.52. The number of hydrogen-bond acceptors (Lipinski definition) is 3. The number of para-hydroxylation sites is 1. The van der Waals surface area contributed by atoms with Crippen molar-refractivity contribution in [3.05, 3.63) is 23.9 Å². The monoisotopic (exact) mass is 205 g/mol. The fraction of sp³-hybridized carbons (Fsp3) is 0.364.